The number of rotatable bonds is 5. The highest BCUT2D eigenvalue weighted by atomic mass is 28.4. The van der Waals surface area contributed by atoms with Crippen molar-refractivity contribution in [2.45, 2.75) is 96.4 Å². The summed E-state index contributed by atoms with van der Waals surface area (Å²) in [6, 6.07) is 0. The van der Waals surface area contributed by atoms with Gasteiger partial charge in [0.2, 0.25) is 0 Å². The predicted octanol–water partition coefficient (Wildman–Crippen LogP) is 5.31. The molecule has 0 unspecified atom stereocenters. The van der Waals surface area contributed by atoms with Crippen molar-refractivity contribution in [2.24, 2.45) is 5.92 Å². The summed E-state index contributed by atoms with van der Waals surface area (Å²) >= 11 is 0. The molecule has 0 aromatic rings. The average molecular weight is 399 g/mol. The second-order valence-corrected chi connectivity index (χ2v) is 19.0. The Labute approximate surface area is 162 Å². The van der Waals surface area contributed by atoms with Crippen LogP contribution in [-0.2, 0) is 18.4 Å². The van der Waals surface area contributed by atoms with E-state index in [-0.39, 0.29) is 11.0 Å². The maximum Gasteiger partial charge on any atom is 0.384 e. The van der Waals surface area contributed by atoms with Gasteiger partial charge in [0.15, 0.2) is 22.4 Å². The molecule has 0 spiro atoms. The van der Waals surface area contributed by atoms with Crippen molar-refractivity contribution in [3.63, 3.8) is 0 Å². The molecule has 2 atom stereocenters. The van der Waals surface area contributed by atoms with Gasteiger partial charge in [-0.25, -0.2) is 4.79 Å². The van der Waals surface area contributed by atoms with Crippen LogP contribution in [0.15, 0.2) is 0 Å². The molecule has 4 nitrogen and oxygen atoms in total. The fourth-order valence-corrected chi connectivity index (χ4v) is 6.04. The molecule has 0 heterocycles. The molecule has 0 saturated heterocycles. The third-order valence-corrected chi connectivity index (χ3v) is 10.8. The summed E-state index contributed by atoms with van der Waals surface area (Å²) in [6.07, 6.45) is 4.81. The monoisotopic (exact) mass is 398 g/mol. The first-order chi connectivity index (χ1) is 11.7. The van der Waals surface area contributed by atoms with Gasteiger partial charge in [-0.1, -0.05) is 33.1 Å². The normalized spacial score (nSPS) is 24.6. The third-order valence-electron chi connectivity index (χ3n) is 5.39. The van der Waals surface area contributed by atoms with Gasteiger partial charge in [0, 0.05) is 18.3 Å². The Morgan fingerprint density at radius 2 is 1.73 bits per heavy atom. The standard InChI is InChI=1S/C20H38O4Si2/c1-19(2,3)26(8,9)24-20(23-25(5,6)7)16-11-10-13-17(20)14-12-15-18(21)22-4/h17H,10-11,13-14,16H2,1-9H3/t17-,20+/m0/s1. The van der Waals surface area contributed by atoms with E-state index in [1.54, 1.807) is 0 Å². The van der Waals surface area contributed by atoms with Crippen molar-refractivity contribution in [2.75, 3.05) is 7.11 Å². The van der Waals surface area contributed by atoms with Gasteiger partial charge < -0.3 is 13.6 Å². The molecule has 0 aromatic heterocycles. The summed E-state index contributed by atoms with van der Waals surface area (Å²) in [5.41, 5.74) is 0. The van der Waals surface area contributed by atoms with Crippen molar-refractivity contribution < 1.29 is 18.4 Å². The Morgan fingerprint density at radius 1 is 1.12 bits per heavy atom. The van der Waals surface area contributed by atoms with E-state index in [1.807, 2.05) is 0 Å². The molecule has 1 saturated carbocycles. The molecule has 0 aliphatic heterocycles. The van der Waals surface area contributed by atoms with E-state index in [9.17, 15) is 4.79 Å². The van der Waals surface area contributed by atoms with E-state index in [4.69, 9.17) is 8.85 Å². The number of esters is 1. The largest absolute Gasteiger partial charge is 0.459 e. The minimum absolute atomic E-state index is 0.114. The minimum atomic E-state index is -2.02. The quantitative estimate of drug-likeness (QED) is 0.207. The molecule has 0 bridgehead atoms. The fourth-order valence-electron chi connectivity index (χ4n) is 3.13. The lowest BCUT2D eigenvalue weighted by Gasteiger charge is -2.52. The lowest BCUT2D eigenvalue weighted by atomic mass is 9.81. The number of methoxy groups -OCH3 is 1. The predicted molar refractivity (Wildman–Crippen MR) is 112 cm³/mol. The Morgan fingerprint density at radius 3 is 2.23 bits per heavy atom. The molecular weight excluding hydrogens is 360 g/mol. The van der Waals surface area contributed by atoms with Gasteiger partial charge in [0.05, 0.1) is 7.11 Å². The first-order valence-electron chi connectivity index (χ1n) is 9.70. The molecule has 0 amide bonds. The Kier molecular flexibility index (Phi) is 7.74. The maximum absolute atomic E-state index is 11.4. The van der Waals surface area contributed by atoms with Crippen LogP contribution in [0.25, 0.3) is 0 Å². The molecule has 26 heavy (non-hydrogen) atoms. The number of hydrogen-bond acceptors (Lipinski definition) is 4. The molecule has 6 heteroatoms. The van der Waals surface area contributed by atoms with Crippen molar-refractivity contribution in [3.05, 3.63) is 0 Å². The highest BCUT2D eigenvalue weighted by molar-refractivity contribution is 6.74. The molecule has 0 aromatic carbocycles. The molecule has 150 valence electrons. The summed E-state index contributed by atoms with van der Waals surface area (Å²) in [5.74, 6) is 4.72. The van der Waals surface area contributed by atoms with Crippen LogP contribution < -0.4 is 0 Å². The molecule has 0 radical (unpaired) electrons. The van der Waals surface area contributed by atoms with E-state index >= 15 is 0 Å². The molecule has 1 aliphatic carbocycles. The molecule has 0 N–H and O–H groups in total. The van der Waals surface area contributed by atoms with Crippen LogP contribution in [0.4, 0.5) is 0 Å². The van der Waals surface area contributed by atoms with Crippen LogP contribution in [0.5, 0.6) is 0 Å². The number of ether oxygens (including phenoxy) is 1. The molecule has 1 fully saturated rings. The SMILES string of the molecule is COC(=O)C#CC[C@@H]1CCCC[C@@]1(O[Si](C)(C)C)O[Si](C)(C)C(C)(C)C. The average Bonchev–Trinajstić information content (AvgIpc) is 2.45. The second kappa shape index (κ2) is 8.60. The van der Waals surface area contributed by atoms with Gasteiger partial charge in [-0.05, 0) is 57.0 Å². The van der Waals surface area contributed by atoms with Crippen LogP contribution >= 0.6 is 0 Å². The van der Waals surface area contributed by atoms with E-state index in [1.165, 1.54) is 7.11 Å². The number of carbonyl (C=O) groups is 1. The first-order valence-corrected chi connectivity index (χ1v) is 16.0. The van der Waals surface area contributed by atoms with Crippen molar-refractivity contribution >= 4 is 22.6 Å². The summed E-state index contributed by atoms with van der Waals surface area (Å²) in [4.78, 5) is 11.4. The Bertz CT molecular complexity index is 549. The maximum atomic E-state index is 11.4. The summed E-state index contributed by atoms with van der Waals surface area (Å²) in [5, 5.41) is 0.114. The Hall–Kier alpha value is -0.616. The second-order valence-electron chi connectivity index (χ2n) is 9.83. The number of carbonyl (C=O) groups excluding carboxylic acids is 1. The lowest BCUT2D eigenvalue weighted by Crippen LogP contribution is -2.58. The van der Waals surface area contributed by atoms with Crippen LogP contribution in [0.1, 0.15) is 52.9 Å². The van der Waals surface area contributed by atoms with Gasteiger partial charge >= 0.3 is 5.97 Å². The van der Waals surface area contributed by atoms with Gasteiger partial charge in [-0.2, -0.15) is 0 Å². The van der Waals surface area contributed by atoms with Crippen LogP contribution in [0.2, 0.25) is 37.8 Å². The minimum Gasteiger partial charge on any atom is -0.459 e. The highest BCUT2D eigenvalue weighted by Crippen LogP contribution is 2.47. The van der Waals surface area contributed by atoms with Crippen LogP contribution in [0.3, 0.4) is 0 Å². The van der Waals surface area contributed by atoms with Gasteiger partial charge in [-0.15, -0.1) is 0 Å². The topological polar surface area (TPSA) is 44.8 Å². The van der Waals surface area contributed by atoms with E-state index in [0.717, 1.165) is 25.7 Å². The highest BCUT2D eigenvalue weighted by Gasteiger charge is 2.51. The summed E-state index contributed by atoms with van der Waals surface area (Å²) in [6.45, 7) is 18.0. The summed E-state index contributed by atoms with van der Waals surface area (Å²) in [7, 11) is -2.49. The Balaban J connectivity index is 3.21. The third kappa shape index (κ3) is 6.52. The zero-order valence-corrected chi connectivity index (χ0v) is 20.2. The molecular formula is C20H38O4Si2. The number of hydrogen-bond donors (Lipinski definition) is 0. The van der Waals surface area contributed by atoms with Crippen molar-refractivity contribution in [3.8, 4) is 11.8 Å². The van der Waals surface area contributed by atoms with E-state index in [2.05, 4.69) is 70.1 Å². The zero-order valence-electron chi connectivity index (χ0n) is 18.2. The first kappa shape index (κ1) is 23.4. The summed E-state index contributed by atoms with van der Waals surface area (Å²) < 4.78 is 18.4. The fraction of sp³-hybridized carbons (Fsp3) is 0.850. The zero-order chi connectivity index (χ0) is 20.2. The van der Waals surface area contributed by atoms with Gasteiger partial charge in [-0.3, -0.25) is 0 Å². The van der Waals surface area contributed by atoms with Gasteiger partial charge in [0.25, 0.3) is 0 Å². The van der Waals surface area contributed by atoms with Crippen LogP contribution in [-0.4, -0.2) is 35.5 Å². The van der Waals surface area contributed by atoms with Crippen molar-refractivity contribution in [1.29, 1.82) is 0 Å². The molecule has 1 aliphatic rings. The smallest absolute Gasteiger partial charge is 0.384 e. The van der Waals surface area contributed by atoms with Crippen LogP contribution in [0, 0.1) is 17.8 Å². The van der Waals surface area contributed by atoms with E-state index in [0.29, 0.717) is 6.42 Å². The lowest BCUT2D eigenvalue weighted by molar-refractivity contribution is -0.188. The van der Waals surface area contributed by atoms with Crippen molar-refractivity contribution in [1.82, 2.24) is 0 Å². The van der Waals surface area contributed by atoms with E-state index < -0.39 is 28.4 Å². The molecule has 1 rings (SSSR count). The van der Waals surface area contributed by atoms with Gasteiger partial charge in [0.1, 0.15) is 0 Å².